The molecule has 6 heteroatoms. The standard InChI is InChI=1S/C12H15NO4S/c1-2-4-10-5-3-6-11(12(10)14)9-13-7-8-18(15,16)17/h2-3,5-6,9,14H,1,4,7-8H2,(H,15,16,17)/p-1. The van der Waals surface area contributed by atoms with Crippen molar-refractivity contribution in [1.29, 1.82) is 0 Å². The molecule has 0 fully saturated rings. The fourth-order valence-corrected chi connectivity index (χ4v) is 1.69. The molecule has 0 atom stereocenters. The number of allylic oxidation sites excluding steroid dienone is 1. The van der Waals surface area contributed by atoms with Crippen LogP contribution in [-0.4, -0.2) is 36.6 Å². The van der Waals surface area contributed by atoms with E-state index in [2.05, 4.69) is 11.6 Å². The van der Waals surface area contributed by atoms with E-state index in [9.17, 15) is 18.1 Å². The van der Waals surface area contributed by atoms with Crippen molar-refractivity contribution in [2.45, 2.75) is 6.42 Å². The second kappa shape index (κ2) is 6.32. The molecule has 0 radical (unpaired) electrons. The summed E-state index contributed by atoms with van der Waals surface area (Å²) in [4.78, 5) is 3.80. The number of benzene rings is 1. The zero-order chi connectivity index (χ0) is 13.6. The Labute approximate surface area is 106 Å². The number of para-hydroxylation sites is 1. The molecule has 1 N–H and O–H groups in total. The lowest BCUT2D eigenvalue weighted by molar-refractivity contribution is 0.463. The van der Waals surface area contributed by atoms with Crippen LogP contribution in [0.4, 0.5) is 0 Å². The summed E-state index contributed by atoms with van der Waals surface area (Å²) in [6.07, 6.45) is 3.55. The Balaban J connectivity index is 2.75. The van der Waals surface area contributed by atoms with E-state index in [-0.39, 0.29) is 12.3 Å². The zero-order valence-corrected chi connectivity index (χ0v) is 10.6. The highest BCUT2D eigenvalue weighted by molar-refractivity contribution is 7.85. The van der Waals surface area contributed by atoms with Crippen molar-refractivity contribution in [3.63, 3.8) is 0 Å². The second-order valence-electron chi connectivity index (χ2n) is 3.64. The smallest absolute Gasteiger partial charge is 0.127 e. The summed E-state index contributed by atoms with van der Waals surface area (Å²) in [7, 11) is -4.24. The van der Waals surface area contributed by atoms with Crippen LogP contribution in [0.2, 0.25) is 0 Å². The molecule has 0 aliphatic carbocycles. The number of nitrogens with zero attached hydrogens (tertiary/aromatic N) is 1. The molecule has 0 spiro atoms. The third-order valence-corrected chi connectivity index (χ3v) is 2.90. The first-order valence-electron chi connectivity index (χ1n) is 5.29. The molecule has 1 rings (SSSR count). The molecular formula is C12H14NO4S-. The summed E-state index contributed by atoms with van der Waals surface area (Å²) in [5.41, 5.74) is 1.20. The lowest BCUT2D eigenvalue weighted by Crippen LogP contribution is -2.07. The number of aromatic hydroxyl groups is 1. The lowest BCUT2D eigenvalue weighted by atomic mass is 10.1. The van der Waals surface area contributed by atoms with E-state index in [1.165, 1.54) is 6.21 Å². The van der Waals surface area contributed by atoms with Gasteiger partial charge in [-0.15, -0.1) is 6.58 Å². The molecule has 1 aromatic carbocycles. The maximum Gasteiger partial charge on any atom is 0.127 e. The quantitative estimate of drug-likeness (QED) is 0.475. The first-order valence-corrected chi connectivity index (χ1v) is 6.87. The monoisotopic (exact) mass is 268 g/mol. The molecule has 0 aromatic heterocycles. The molecule has 0 unspecified atom stereocenters. The van der Waals surface area contributed by atoms with Crippen LogP contribution >= 0.6 is 0 Å². The minimum Gasteiger partial charge on any atom is -0.748 e. The van der Waals surface area contributed by atoms with Crippen LogP contribution in [0.15, 0.2) is 35.8 Å². The third-order valence-electron chi connectivity index (χ3n) is 2.22. The van der Waals surface area contributed by atoms with E-state index in [1.54, 1.807) is 24.3 Å². The Morgan fingerprint density at radius 2 is 2.17 bits per heavy atom. The topological polar surface area (TPSA) is 89.8 Å². The highest BCUT2D eigenvalue weighted by atomic mass is 32.2. The molecule has 5 nitrogen and oxygen atoms in total. The van der Waals surface area contributed by atoms with Crippen LogP contribution in [0, 0.1) is 0 Å². The van der Waals surface area contributed by atoms with E-state index in [1.807, 2.05) is 0 Å². The molecule has 0 aliphatic rings. The van der Waals surface area contributed by atoms with Gasteiger partial charge in [-0.05, 0) is 18.1 Å². The first kappa shape index (κ1) is 14.4. The van der Waals surface area contributed by atoms with Crippen molar-refractivity contribution < 1.29 is 18.1 Å². The van der Waals surface area contributed by atoms with Crippen molar-refractivity contribution in [3.05, 3.63) is 42.0 Å². The second-order valence-corrected chi connectivity index (χ2v) is 5.17. The normalized spacial score (nSPS) is 11.8. The Morgan fingerprint density at radius 3 is 2.78 bits per heavy atom. The van der Waals surface area contributed by atoms with Crippen molar-refractivity contribution in [3.8, 4) is 5.75 Å². The van der Waals surface area contributed by atoms with E-state index >= 15 is 0 Å². The van der Waals surface area contributed by atoms with Gasteiger partial charge >= 0.3 is 0 Å². The number of phenols is 1. The maximum absolute atomic E-state index is 10.4. The Hall–Kier alpha value is -1.66. The van der Waals surface area contributed by atoms with Crippen LogP contribution in [-0.2, 0) is 16.5 Å². The Bertz CT molecular complexity index is 549. The summed E-state index contributed by atoms with van der Waals surface area (Å²) in [6, 6.07) is 5.16. The highest BCUT2D eigenvalue weighted by Gasteiger charge is 2.03. The molecule has 0 aliphatic heterocycles. The minimum atomic E-state index is -4.24. The fraction of sp³-hybridized carbons (Fsp3) is 0.250. The average molecular weight is 268 g/mol. The highest BCUT2D eigenvalue weighted by Crippen LogP contribution is 2.21. The van der Waals surface area contributed by atoms with Crippen molar-refractivity contribution in [2.24, 2.45) is 4.99 Å². The van der Waals surface area contributed by atoms with Crippen molar-refractivity contribution in [1.82, 2.24) is 0 Å². The number of phenolic OH excluding ortho intramolecular Hbond substituents is 1. The van der Waals surface area contributed by atoms with Crippen LogP contribution in [0.3, 0.4) is 0 Å². The Kier molecular flexibility index (Phi) is 5.06. The predicted octanol–water partition coefficient (Wildman–Crippen LogP) is 1.08. The summed E-state index contributed by atoms with van der Waals surface area (Å²) in [6.45, 7) is 3.47. The summed E-state index contributed by atoms with van der Waals surface area (Å²) < 4.78 is 31.1. The summed E-state index contributed by atoms with van der Waals surface area (Å²) in [5.74, 6) is -0.456. The molecule has 0 amide bonds. The number of hydrogen-bond acceptors (Lipinski definition) is 5. The van der Waals surface area contributed by atoms with Gasteiger partial charge in [-0.1, -0.05) is 18.2 Å². The third kappa shape index (κ3) is 4.68. The van der Waals surface area contributed by atoms with Gasteiger partial charge in [0.1, 0.15) is 5.75 Å². The number of hydrogen-bond donors (Lipinski definition) is 1. The molecule has 98 valence electrons. The lowest BCUT2D eigenvalue weighted by Gasteiger charge is -2.05. The van der Waals surface area contributed by atoms with E-state index in [0.29, 0.717) is 17.5 Å². The summed E-state index contributed by atoms with van der Waals surface area (Å²) in [5, 5.41) is 9.86. The fourth-order valence-electron chi connectivity index (χ4n) is 1.36. The van der Waals surface area contributed by atoms with Gasteiger partial charge in [-0.25, -0.2) is 8.42 Å². The number of rotatable bonds is 6. The first-order chi connectivity index (χ1) is 8.44. The van der Waals surface area contributed by atoms with Crippen LogP contribution in [0.1, 0.15) is 11.1 Å². The van der Waals surface area contributed by atoms with Gasteiger partial charge in [0.2, 0.25) is 0 Å². The van der Waals surface area contributed by atoms with E-state index < -0.39 is 15.9 Å². The SMILES string of the molecule is C=CCc1cccc(C=NCCS(=O)(=O)[O-])c1O. The molecule has 0 saturated carbocycles. The van der Waals surface area contributed by atoms with E-state index in [0.717, 1.165) is 0 Å². The van der Waals surface area contributed by atoms with Crippen LogP contribution in [0.5, 0.6) is 5.75 Å². The van der Waals surface area contributed by atoms with Gasteiger partial charge in [-0.3, -0.25) is 4.99 Å². The Morgan fingerprint density at radius 1 is 1.44 bits per heavy atom. The van der Waals surface area contributed by atoms with Gasteiger partial charge < -0.3 is 9.66 Å². The van der Waals surface area contributed by atoms with Gasteiger partial charge in [0.25, 0.3) is 0 Å². The molecule has 0 heterocycles. The van der Waals surface area contributed by atoms with Crippen molar-refractivity contribution >= 4 is 16.3 Å². The van der Waals surface area contributed by atoms with Gasteiger partial charge in [-0.2, -0.15) is 0 Å². The molecular weight excluding hydrogens is 254 g/mol. The van der Waals surface area contributed by atoms with Gasteiger partial charge in [0, 0.05) is 11.8 Å². The zero-order valence-electron chi connectivity index (χ0n) is 9.74. The van der Waals surface area contributed by atoms with Gasteiger partial charge in [0.05, 0.1) is 22.4 Å². The molecule has 18 heavy (non-hydrogen) atoms. The summed E-state index contributed by atoms with van der Waals surface area (Å²) >= 11 is 0. The minimum absolute atomic E-state index is 0.0890. The van der Waals surface area contributed by atoms with E-state index in [4.69, 9.17) is 0 Å². The van der Waals surface area contributed by atoms with Crippen LogP contribution < -0.4 is 0 Å². The maximum atomic E-state index is 10.4. The van der Waals surface area contributed by atoms with Crippen molar-refractivity contribution in [2.75, 3.05) is 12.3 Å². The molecule has 0 saturated heterocycles. The molecule has 1 aromatic rings. The number of aliphatic imine (C=N–C) groups is 1. The van der Waals surface area contributed by atoms with Gasteiger partial charge in [0.15, 0.2) is 0 Å². The molecule has 0 bridgehead atoms. The average Bonchev–Trinajstić information content (AvgIpc) is 2.28. The van der Waals surface area contributed by atoms with Crippen LogP contribution in [0.25, 0.3) is 0 Å². The largest absolute Gasteiger partial charge is 0.748 e. The predicted molar refractivity (Wildman–Crippen MR) is 69.0 cm³/mol.